The fraction of sp³-hybridized carbons (Fsp3) is 0.714. The molecule has 0 saturated carbocycles. The lowest BCUT2D eigenvalue weighted by Gasteiger charge is -2.35. The summed E-state index contributed by atoms with van der Waals surface area (Å²) in [6, 6.07) is 5.17. The predicted molar refractivity (Wildman–Crippen MR) is 79.2 cm³/mol. The first-order valence-corrected chi connectivity index (χ1v) is 7.35. The third kappa shape index (κ3) is 3.79. The molecule has 3 nitrogen and oxygen atoms in total. The summed E-state index contributed by atoms with van der Waals surface area (Å²) in [6.07, 6.45) is 0.978. The van der Waals surface area contributed by atoms with Crippen LogP contribution in [0.2, 0.25) is 0 Å². The van der Waals surface area contributed by atoms with Crippen molar-refractivity contribution >= 4 is 11.3 Å². The number of rotatable bonds is 7. The predicted octanol–water partition coefficient (Wildman–Crippen LogP) is 2.80. The second-order valence-corrected chi connectivity index (χ2v) is 6.25. The minimum atomic E-state index is 0.160. The van der Waals surface area contributed by atoms with E-state index in [0.717, 1.165) is 13.0 Å². The zero-order valence-corrected chi connectivity index (χ0v) is 13.0. The van der Waals surface area contributed by atoms with Crippen molar-refractivity contribution in [2.75, 3.05) is 20.8 Å². The van der Waals surface area contributed by atoms with Crippen molar-refractivity contribution in [2.24, 2.45) is 5.73 Å². The summed E-state index contributed by atoms with van der Waals surface area (Å²) < 4.78 is 5.25. The van der Waals surface area contributed by atoms with E-state index in [-0.39, 0.29) is 12.1 Å². The summed E-state index contributed by atoms with van der Waals surface area (Å²) in [6.45, 7) is 7.20. The Morgan fingerprint density at radius 3 is 2.56 bits per heavy atom. The molecule has 1 heterocycles. The summed E-state index contributed by atoms with van der Waals surface area (Å²) in [5.74, 6) is 0. The van der Waals surface area contributed by atoms with Crippen molar-refractivity contribution in [3.8, 4) is 0 Å². The lowest BCUT2D eigenvalue weighted by atomic mass is 10.0. The first-order valence-electron chi connectivity index (χ1n) is 6.54. The Bertz CT molecular complexity index is 353. The number of hydrogen-bond acceptors (Lipinski definition) is 4. The number of methoxy groups -OCH3 is 1. The molecule has 0 aliphatic carbocycles. The molecule has 18 heavy (non-hydrogen) atoms. The lowest BCUT2D eigenvalue weighted by Crippen LogP contribution is -2.44. The van der Waals surface area contributed by atoms with Gasteiger partial charge in [0.1, 0.15) is 0 Å². The monoisotopic (exact) mass is 270 g/mol. The Balaban J connectivity index is 2.91. The van der Waals surface area contributed by atoms with E-state index in [9.17, 15) is 0 Å². The number of ether oxygens (including phenoxy) is 1. The molecule has 0 bridgehead atoms. The van der Waals surface area contributed by atoms with Gasteiger partial charge in [0.15, 0.2) is 0 Å². The molecule has 2 N–H and O–H groups in total. The molecule has 104 valence electrons. The molecular weight excluding hydrogens is 244 g/mol. The molecule has 0 fully saturated rings. The van der Waals surface area contributed by atoms with Crippen molar-refractivity contribution in [1.82, 2.24) is 4.90 Å². The second-order valence-electron chi connectivity index (χ2n) is 4.94. The Hall–Kier alpha value is -0.420. The van der Waals surface area contributed by atoms with Crippen LogP contribution in [0, 0.1) is 6.92 Å². The van der Waals surface area contributed by atoms with Crippen LogP contribution in [0.25, 0.3) is 0 Å². The lowest BCUT2D eigenvalue weighted by molar-refractivity contribution is 0.0805. The van der Waals surface area contributed by atoms with Crippen molar-refractivity contribution in [3.05, 3.63) is 21.9 Å². The van der Waals surface area contributed by atoms with Crippen LogP contribution in [0.4, 0.5) is 0 Å². The number of likely N-dealkylation sites (N-methyl/N-ethyl adjacent to an activating group) is 1. The Morgan fingerprint density at radius 2 is 2.11 bits per heavy atom. The number of nitrogens with two attached hydrogens (primary N) is 1. The van der Waals surface area contributed by atoms with Crippen molar-refractivity contribution in [3.63, 3.8) is 0 Å². The van der Waals surface area contributed by atoms with Gasteiger partial charge < -0.3 is 10.5 Å². The summed E-state index contributed by atoms with van der Waals surface area (Å²) in [5.41, 5.74) is 6.32. The zero-order valence-electron chi connectivity index (χ0n) is 12.1. The minimum absolute atomic E-state index is 0.160. The van der Waals surface area contributed by atoms with Gasteiger partial charge >= 0.3 is 0 Å². The highest BCUT2D eigenvalue weighted by Crippen LogP contribution is 2.31. The van der Waals surface area contributed by atoms with E-state index in [4.69, 9.17) is 10.5 Å². The maximum absolute atomic E-state index is 6.32. The van der Waals surface area contributed by atoms with Crippen LogP contribution in [-0.2, 0) is 4.74 Å². The SMILES string of the molecule is CCC(N)C(c1ccc(C)s1)N(C)C(C)COC. The van der Waals surface area contributed by atoms with E-state index in [1.54, 1.807) is 7.11 Å². The molecule has 0 aliphatic rings. The van der Waals surface area contributed by atoms with Crippen LogP contribution < -0.4 is 5.73 Å². The van der Waals surface area contributed by atoms with E-state index in [1.165, 1.54) is 9.75 Å². The second kappa shape index (κ2) is 7.24. The van der Waals surface area contributed by atoms with E-state index in [2.05, 4.69) is 44.9 Å². The fourth-order valence-corrected chi connectivity index (χ4v) is 3.29. The molecule has 3 unspecified atom stereocenters. The molecule has 1 rings (SSSR count). The first-order chi connectivity index (χ1) is 8.51. The average Bonchev–Trinajstić information content (AvgIpc) is 2.75. The largest absolute Gasteiger partial charge is 0.383 e. The molecule has 1 aromatic heterocycles. The van der Waals surface area contributed by atoms with Crippen LogP contribution in [0.3, 0.4) is 0 Å². The van der Waals surface area contributed by atoms with E-state index < -0.39 is 0 Å². The summed E-state index contributed by atoms with van der Waals surface area (Å²) in [4.78, 5) is 5.03. The standard InChI is InChI=1S/C14H26N2OS/c1-6-12(15)14(13-8-7-11(3)18-13)16(4)10(2)9-17-5/h7-8,10,12,14H,6,9,15H2,1-5H3. The normalized spacial score (nSPS) is 16.8. The molecule has 1 aromatic rings. The first kappa shape index (κ1) is 15.6. The minimum Gasteiger partial charge on any atom is -0.383 e. The van der Waals surface area contributed by atoms with Gasteiger partial charge in [-0.25, -0.2) is 0 Å². The third-order valence-electron chi connectivity index (χ3n) is 3.47. The van der Waals surface area contributed by atoms with E-state index in [1.807, 2.05) is 11.3 Å². The van der Waals surface area contributed by atoms with Crippen LogP contribution in [0.5, 0.6) is 0 Å². The molecule has 0 radical (unpaired) electrons. The van der Waals surface area contributed by atoms with Gasteiger partial charge in [-0.1, -0.05) is 6.92 Å². The molecule has 0 spiro atoms. The van der Waals surface area contributed by atoms with E-state index >= 15 is 0 Å². The van der Waals surface area contributed by atoms with Gasteiger partial charge in [-0.3, -0.25) is 4.90 Å². The van der Waals surface area contributed by atoms with Crippen LogP contribution in [-0.4, -0.2) is 37.7 Å². The van der Waals surface area contributed by atoms with Crippen LogP contribution in [0.1, 0.15) is 36.1 Å². The van der Waals surface area contributed by atoms with Gasteiger partial charge in [-0.15, -0.1) is 11.3 Å². The highest BCUT2D eigenvalue weighted by Gasteiger charge is 2.27. The van der Waals surface area contributed by atoms with Crippen molar-refractivity contribution in [2.45, 2.75) is 45.3 Å². The molecule has 4 heteroatoms. The number of hydrogen-bond donors (Lipinski definition) is 1. The van der Waals surface area contributed by atoms with Crippen molar-refractivity contribution in [1.29, 1.82) is 0 Å². The quantitative estimate of drug-likeness (QED) is 0.828. The Kier molecular flexibility index (Phi) is 6.29. The average molecular weight is 270 g/mol. The zero-order chi connectivity index (χ0) is 13.7. The molecule has 0 saturated heterocycles. The summed E-state index contributed by atoms with van der Waals surface area (Å²) >= 11 is 1.84. The van der Waals surface area contributed by atoms with Gasteiger partial charge in [0, 0.05) is 28.9 Å². The fourth-order valence-electron chi connectivity index (χ4n) is 2.18. The topological polar surface area (TPSA) is 38.5 Å². The van der Waals surface area contributed by atoms with Gasteiger partial charge in [0.25, 0.3) is 0 Å². The maximum Gasteiger partial charge on any atom is 0.0615 e. The summed E-state index contributed by atoms with van der Waals surface area (Å²) in [5, 5.41) is 0. The Morgan fingerprint density at radius 1 is 1.44 bits per heavy atom. The molecular formula is C14H26N2OS. The van der Waals surface area contributed by atoms with Gasteiger partial charge in [0.2, 0.25) is 0 Å². The number of thiophene rings is 1. The smallest absolute Gasteiger partial charge is 0.0615 e. The highest BCUT2D eigenvalue weighted by atomic mass is 32.1. The van der Waals surface area contributed by atoms with Crippen LogP contribution >= 0.6 is 11.3 Å². The number of nitrogens with zero attached hydrogens (tertiary/aromatic N) is 1. The van der Waals surface area contributed by atoms with Gasteiger partial charge in [0.05, 0.1) is 12.6 Å². The molecule has 0 aromatic carbocycles. The molecule has 0 aliphatic heterocycles. The molecule has 3 atom stereocenters. The van der Waals surface area contributed by atoms with Crippen LogP contribution in [0.15, 0.2) is 12.1 Å². The van der Waals surface area contributed by atoms with Crippen molar-refractivity contribution < 1.29 is 4.74 Å². The van der Waals surface area contributed by atoms with E-state index in [0.29, 0.717) is 6.04 Å². The van der Waals surface area contributed by atoms with Gasteiger partial charge in [-0.2, -0.15) is 0 Å². The van der Waals surface area contributed by atoms with Gasteiger partial charge in [-0.05, 0) is 39.4 Å². The molecule has 0 amide bonds. The highest BCUT2D eigenvalue weighted by molar-refractivity contribution is 7.12. The summed E-state index contributed by atoms with van der Waals surface area (Å²) in [7, 11) is 3.88. The Labute approximate surface area is 115 Å². The number of aryl methyl sites for hydroxylation is 1. The third-order valence-corrected chi connectivity index (χ3v) is 4.54. The maximum atomic E-state index is 6.32.